The molecule has 3 aromatic rings. The van der Waals surface area contributed by atoms with E-state index in [9.17, 15) is 14.7 Å². The monoisotopic (exact) mass is 523 g/mol. The van der Waals surface area contributed by atoms with Gasteiger partial charge in [0.1, 0.15) is 6.61 Å². The van der Waals surface area contributed by atoms with Gasteiger partial charge in [0.05, 0.1) is 5.41 Å². The third-order valence-electron chi connectivity index (χ3n) is 6.86. The summed E-state index contributed by atoms with van der Waals surface area (Å²) in [7, 11) is 0. The maximum Gasteiger partial charge on any atom is 0.312 e. The maximum atomic E-state index is 11.7. The van der Waals surface area contributed by atoms with Crippen LogP contribution in [0.2, 0.25) is 0 Å². The second-order valence-electron chi connectivity index (χ2n) is 10.4. The minimum Gasteiger partial charge on any atom is -0.481 e. The zero-order valence-corrected chi connectivity index (χ0v) is 22.7. The normalized spacial score (nSPS) is 13.7. The van der Waals surface area contributed by atoms with Gasteiger partial charge in [-0.15, -0.1) is 0 Å². The van der Waals surface area contributed by atoms with Crippen LogP contribution >= 0.6 is 0 Å². The number of aliphatic carboxylic acids is 1. The van der Waals surface area contributed by atoms with Crippen LogP contribution < -0.4 is 10.1 Å². The van der Waals surface area contributed by atoms with Crippen molar-refractivity contribution in [1.29, 1.82) is 5.41 Å². The van der Waals surface area contributed by atoms with Crippen LogP contribution in [0.15, 0.2) is 72.4 Å². The van der Waals surface area contributed by atoms with E-state index in [0.29, 0.717) is 11.4 Å². The number of carboxylic acid groups (broad SMARTS) is 1. The van der Waals surface area contributed by atoms with Gasteiger partial charge in [0.15, 0.2) is 5.78 Å². The number of aromatic nitrogens is 1. The average Bonchev–Trinajstić information content (AvgIpc) is 3.13. The Morgan fingerprint density at radius 3 is 2.38 bits per heavy atom. The molecule has 0 amide bonds. The number of Topliss-reactive ketones (excluding diaryl/α,β-unsaturated/α-hetero) is 1. The molecule has 1 aromatic heterocycles. The second kappa shape index (κ2) is 11.5. The largest absolute Gasteiger partial charge is 0.481 e. The van der Waals surface area contributed by atoms with Crippen molar-refractivity contribution in [1.82, 2.24) is 10.3 Å². The molecule has 0 radical (unpaired) electrons. The number of benzene rings is 2. The van der Waals surface area contributed by atoms with Crippen LogP contribution in [0.25, 0.3) is 22.5 Å². The first-order chi connectivity index (χ1) is 18.6. The quantitative estimate of drug-likeness (QED) is 0.215. The van der Waals surface area contributed by atoms with Gasteiger partial charge in [-0.1, -0.05) is 42.5 Å². The Balaban J connectivity index is 1.57. The molecule has 2 aromatic carbocycles. The van der Waals surface area contributed by atoms with Crippen molar-refractivity contribution < 1.29 is 19.4 Å². The molecule has 1 aliphatic rings. The van der Waals surface area contributed by atoms with E-state index in [1.54, 1.807) is 33.0 Å². The molecule has 2 heterocycles. The van der Waals surface area contributed by atoms with Crippen LogP contribution in [-0.2, 0) is 4.79 Å². The zero-order valence-electron chi connectivity index (χ0n) is 22.7. The highest BCUT2D eigenvalue weighted by Crippen LogP contribution is 2.31. The van der Waals surface area contributed by atoms with Crippen LogP contribution in [0.1, 0.15) is 67.6 Å². The SMILES string of the molecule is CC(=O)c1ccc(C2=CCCC(C)=C(c3ccc(-c4ccc(OCC(C)(C)C(=O)O)nc4)cc3C=N)N2)cc1. The fourth-order valence-electron chi connectivity index (χ4n) is 4.26. The van der Waals surface area contributed by atoms with Crippen molar-refractivity contribution >= 4 is 29.4 Å². The molecule has 4 rings (SSSR count). The summed E-state index contributed by atoms with van der Waals surface area (Å²) < 4.78 is 5.59. The number of carbonyl (C=O) groups excluding carboxylic acids is 1. The smallest absolute Gasteiger partial charge is 0.312 e. The van der Waals surface area contributed by atoms with Gasteiger partial charge in [-0.25, -0.2) is 4.98 Å². The first-order valence-corrected chi connectivity index (χ1v) is 12.8. The van der Waals surface area contributed by atoms with Gasteiger partial charge < -0.3 is 20.6 Å². The number of carbonyl (C=O) groups is 2. The molecular formula is C32H33N3O4. The highest BCUT2D eigenvalue weighted by Gasteiger charge is 2.28. The summed E-state index contributed by atoms with van der Waals surface area (Å²) in [6.07, 6.45) is 6.99. The van der Waals surface area contributed by atoms with Crippen LogP contribution in [0, 0.1) is 10.8 Å². The van der Waals surface area contributed by atoms with Gasteiger partial charge in [0.2, 0.25) is 5.88 Å². The van der Waals surface area contributed by atoms with Gasteiger partial charge in [-0.3, -0.25) is 9.59 Å². The summed E-state index contributed by atoms with van der Waals surface area (Å²) in [6, 6.07) is 17.2. The number of hydrogen-bond acceptors (Lipinski definition) is 6. The van der Waals surface area contributed by atoms with E-state index in [4.69, 9.17) is 10.1 Å². The molecule has 0 saturated heterocycles. The van der Waals surface area contributed by atoms with Crippen molar-refractivity contribution in [3.63, 3.8) is 0 Å². The molecule has 0 aliphatic carbocycles. The third kappa shape index (κ3) is 6.32. The molecule has 3 N–H and O–H groups in total. The fourth-order valence-corrected chi connectivity index (χ4v) is 4.26. The summed E-state index contributed by atoms with van der Waals surface area (Å²) in [5, 5.41) is 21.0. The Morgan fingerprint density at radius 2 is 1.77 bits per heavy atom. The van der Waals surface area contributed by atoms with Crippen molar-refractivity contribution in [3.8, 4) is 17.0 Å². The number of carboxylic acids is 1. The molecule has 7 heteroatoms. The lowest BCUT2D eigenvalue weighted by atomic mass is 9.95. The van der Waals surface area contributed by atoms with Gasteiger partial charge in [-0.2, -0.15) is 0 Å². The second-order valence-corrected chi connectivity index (χ2v) is 10.4. The molecule has 0 atom stereocenters. The van der Waals surface area contributed by atoms with E-state index in [1.165, 1.54) is 11.8 Å². The molecule has 0 unspecified atom stereocenters. The number of ketones is 1. The molecule has 0 saturated carbocycles. The molecule has 39 heavy (non-hydrogen) atoms. The van der Waals surface area contributed by atoms with Gasteiger partial charge in [0.25, 0.3) is 0 Å². The van der Waals surface area contributed by atoms with E-state index in [-0.39, 0.29) is 12.4 Å². The number of nitrogens with zero attached hydrogens (tertiary/aromatic N) is 1. The van der Waals surface area contributed by atoms with E-state index < -0.39 is 11.4 Å². The van der Waals surface area contributed by atoms with Crippen molar-refractivity contribution in [2.24, 2.45) is 5.41 Å². The molecule has 0 bridgehead atoms. The van der Waals surface area contributed by atoms with Crippen molar-refractivity contribution in [2.45, 2.75) is 40.5 Å². The summed E-state index contributed by atoms with van der Waals surface area (Å²) in [5.41, 5.74) is 7.29. The van der Waals surface area contributed by atoms with E-state index in [0.717, 1.165) is 52.1 Å². The van der Waals surface area contributed by atoms with E-state index in [1.807, 2.05) is 48.5 Å². The van der Waals surface area contributed by atoms with Crippen molar-refractivity contribution in [3.05, 3.63) is 94.7 Å². The Morgan fingerprint density at radius 1 is 1.08 bits per heavy atom. The lowest BCUT2D eigenvalue weighted by molar-refractivity contribution is -0.148. The van der Waals surface area contributed by atoms with E-state index in [2.05, 4.69) is 23.3 Å². The number of hydrogen-bond donors (Lipinski definition) is 3. The summed E-state index contributed by atoms with van der Waals surface area (Å²) in [6.45, 7) is 6.89. The highest BCUT2D eigenvalue weighted by atomic mass is 16.5. The van der Waals surface area contributed by atoms with Gasteiger partial charge >= 0.3 is 5.97 Å². The molecule has 0 spiro atoms. The van der Waals surface area contributed by atoms with Crippen molar-refractivity contribution in [2.75, 3.05) is 6.61 Å². The zero-order chi connectivity index (χ0) is 28.2. The Hall–Kier alpha value is -4.52. The Bertz CT molecular complexity index is 1470. The number of allylic oxidation sites excluding steroid dienone is 2. The molecule has 0 fully saturated rings. The summed E-state index contributed by atoms with van der Waals surface area (Å²) in [5.74, 6) is -0.535. The number of nitrogens with one attached hydrogen (secondary N) is 2. The lowest BCUT2D eigenvalue weighted by Crippen LogP contribution is -2.30. The van der Waals surface area contributed by atoms with E-state index >= 15 is 0 Å². The summed E-state index contributed by atoms with van der Waals surface area (Å²) >= 11 is 0. The highest BCUT2D eigenvalue weighted by molar-refractivity contribution is 5.95. The molecule has 7 nitrogen and oxygen atoms in total. The predicted molar refractivity (Wildman–Crippen MR) is 154 cm³/mol. The Kier molecular flexibility index (Phi) is 8.10. The molecular weight excluding hydrogens is 490 g/mol. The van der Waals surface area contributed by atoms with Crippen LogP contribution in [-0.4, -0.2) is 34.7 Å². The Labute approximate surface area is 228 Å². The first kappa shape index (κ1) is 27.5. The van der Waals surface area contributed by atoms with Gasteiger partial charge in [-0.05, 0) is 69.4 Å². The number of rotatable bonds is 9. The standard InChI is InChI=1S/C32H33N3O4/c1-20-6-5-7-28(23-10-8-22(9-11-23)21(2)36)35-30(20)27-14-12-24(16-26(27)17-33)25-13-15-29(34-18-25)39-19-32(3,4)31(37)38/h7-18,33,35H,5-6,19H2,1-4H3,(H,37,38). The number of pyridine rings is 1. The maximum absolute atomic E-state index is 11.7. The minimum atomic E-state index is -1.01. The van der Waals surface area contributed by atoms with Crippen LogP contribution in [0.4, 0.5) is 0 Å². The molecule has 200 valence electrons. The van der Waals surface area contributed by atoms with Crippen LogP contribution in [0.3, 0.4) is 0 Å². The number of ether oxygens (including phenoxy) is 1. The topological polar surface area (TPSA) is 112 Å². The average molecular weight is 524 g/mol. The van der Waals surface area contributed by atoms with Gasteiger partial charge in [0, 0.05) is 52.1 Å². The lowest BCUT2D eigenvalue weighted by Gasteiger charge is -2.19. The fraction of sp³-hybridized carbons (Fsp3) is 0.250. The molecule has 1 aliphatic heterocycles. The minimum absolute atomic E-state index is 0.0140. The summed E-state index contributed by atoms with van der Waals surface area (Å²) in [4.78, 5) is 27.3. The third-order valence-corrected chi connectivity index (χ3v) is 6.86. The van der Waals surface area contributed by atoms with Crippen LogP contribution in [0.5, 0.6) is 5.88 Å². The first-order valence-electron chi connectivity index (χ1n) is 12.8. The predicted octanol–water partition coefficient (Wildman–Crippen LogP) is 6.59.